The summed E-state index contributed by atoms with van der Waals surface area (Å²) in [4.78, 5) is 38.7. The van der Waals surface area contributed by atoms with E-state index < -0.39 is 18.1 Å². The number of carbonyl (C=O) groups is 3. The molecule has 1 saturated carbocycles. The van der Waals surface area contributed by atoms with Gasteiger partial charge < -0.3 is 25.7 Å². The maximum Gasteiger partial charge on any atom is 0.326 e. The SMILES string of the molecule is C=CCCCC[C@H](NC(=O)[C@@H]1[C@@H]2[C@H](CN1C(=O)CBOCN)C2(C)C)C(=O)O. The number of amides is 2. The van der Waals surface area contributed by atoms with Crippen molar-refractivity contribution < 1.29 is 24.1 Å². The third kappa shape index (κ3) is 4.94. The van der Waals surface area contributed by atoms with Crippen molar-refractivity contribution >= 4 is 25.3 Å². The second kappa shape index (κ2) is 9.56. The summed E-state index contributed by atoms with van der Waals surface area (Å²) < 4.78 is 5.04. The molecule has 1 aliphatic carbocycles. The number of carboxylic acid groups (broad SMARTS) is 1. The fraction of sp³-hybridized carbons (Fsp3) is 0.737. The molecule has 2 rings (SSSR count). The minimum Gasteiger partial charge on any atom is -0.480 e. The zero-order valence-electron chi connectivity index (χ0n) is 16.9. The molecule has 1 saturated heterocycles. The van der Waals surface area contributed by atoms with E-state index in [2.05, 4.69) is 25.7 Å². The van der Waals surface area contributed by atoms with E-state index in [0.717, 1.165) is 12.8 Å². The molecule has 1 heterocycles. The molecule has 2 fully saturated rings. The van der Waals surface area contributed by atoms with E-state index in [0.29, 0.717) is 19.4 Å². The summed E-state index contributed by atoms with van der Waals surface area (Å²) in [6.07, 6.45) is 4.64. The van der Waals surface area contributed by atoms with Gasteiger partial charge in [-0.3, -0.25) is 9.59 Å². The lowest BCUT2D eigenvalue weighted by Crippen LogP contribution is -2.53. The van der Waals surface area contributed by atoms with E-state index in [1.54, 1.807) is 11.0 Å². The first-order chi connectivity index (χ1) is 13.3. The number of hydrogen-bond acceptors (Lipinski definition) is 5. The number of nitrogens with zero attached hydrogens (tertiary/aromatic N) is 1. The molecule has 0 aromatic rings. The molecule has 2 aliphatic rings. The smallest absolute Gasteiger partial charge is 0.326 e. The number of carbonyl (C=O) groups excluding carboxylic acids is 2. The summed E-state index contributed by atoms with van der Waals surface area (Å²) in [6.45, 7) is 8.40. The molecular weight excluding hydrogens is 361 g/mol. The van der Waals surface area contributed by atoms with Crippen LogP contribution < -0.4 is 11.1 Å². The van der Waals surface area contributed by atoms with Crippen molar-refractivity contribution in [3.05, 3.63) is 12.7 Å². The summed E-state index contributed by atoms with van der Waals surface area (Å²) >= 11 is 0. The molecule has 0 unspecified atom stereocenters. The van der Waals surface area contributed by atoms with E-state index in [-0.39, 0.29) is 49.6 Å². The van der Waals surface area contributed by atoms with Crippen LogP contribution in [-0.4, -0.2) is 60.6 Å². The zero-order valence-corrected chi connectivity index (χ0v) is 16.9. The second-order valence-corrected chi connectivity index (χ2v) is 8.24. The fourth-order valence-corrected chi connectivity index (χ4v) is 4.38. The van der Waals surface area contributed by atoms with Gasteiger partial charge in [-0.2, -0.15) is 0 Å². The maximum absolute atomic E-state index is 13.0. The van der Waals surface area contributed by atoms with Gasteiger partial charge in [-0.1, -0.05) is 26.3 Å². The number of aliphatic carboxylic acids is 1. The molecule has 0 aromatic heterocycles. The third-order valence-corrected chi connectivity index (χ3v) is 6.14. The van der Waals surface area contributed by atoms with Crippen LogP contribution in [0.3, 0.4) is 0 Å². The summed E-state index contributed by atoms with van der Waals surface area (Å²) in [6, 6.07) is -1.57. The minimum atomic E-state index is -1.05. The van der Waals surface area contributed by atoms with Gasteiger partial charge in [-0.15, -0.1) is 6.58 Å². The lowest BCUT2D eigenvalue weighted by molar-refractivity contribution is -0.144. The molecule has 8 nitrogen and oxygen atoms in total. The Balaban J connectivity index is 2.02. The van der Waals surface area contributed by atoms with E-state index in [1.165, 1.54) is 0 Å². The number of rotatable bonds is 12. The predicted octanol–water partition coefficient (Wildman–Crippen LogP) is 0.488. The molecular formula is C19H32BN3O5. The van der Waals surface area contributed by atoms with Gasteiger partial charge >= 0.3 is 5.97 Å². The minimum absolute atomic E-state index is 0.0186. The normalized spacial score (nSPS) is 25.5. The van der Waals surface area contributed by atoms with E-state index in [1.807, 2.05) is 0 Å². The van der Waals surface area contributed by atoms with Crippen molar-refractivity contribution in [1.82, 2.24) is 10.2 Å². The van der Waals surface area contributed by atoms with Gasteiger partial charge in [0.25, 0.3) is 7.48 Å². The average Bonchev–Trinajstić information content (AvgIpc) is 2.99. The molecule has 0 bridgehead atoms. The van der Waals surface area contributed by atoms with Crippen LogP contribution in [0.1, 0.15) is 39.5 Å². The number of piperidine rings is 1. The van der Waals surface area contributed by atoms with Gasteiger partial charge in [0.15, 0.2) is 0 Å². The molecule has 9 heteroatoms. The van der Waals surface area contributed by atoms with Crippen LogP contribution in [0, 0.1) is 17.3 Å². The molecule has 2 amide bonds. The molecule has 1 aliphatic heterocycles. The second-order valence-electron chi connectivity index (χ2n) is 8.24. The number of likely N-dealkylation sites (tertiary alicyclic amines) is 1. The standard InChI is InChI=1S/C19H32BN3O5/c1-4-5-6-7-8-13(18(26)27)22-17(25)16-15-12(19(15,2)3)10-23(16)14(24)9-20-28-11-21/h4,12-13,15-16,20H,1,5-11,21H2,2-3H3,(H,22,25)(H,26,27)/t12-,13-,15-,16-/m0/s1. The van der Waals surface area contributed by atoms with Crippen LogP contribution in [-0.2, 0) is 19.0 Å². The van der Waals surface area contributed by atoms with Gasteiger partial charge in [0.1, 0.15) is 12.1 Å². The Morgan fingerprint density at radius 3 is 2.75 bits per heavy atom. The highest BCUT2D eigenvalue weighted by molar-refractivity contribution is 6.34. The fourth-order valence-electron chi connectivity index (χ4n) is 4.38. The summed E-state index contributed by atoms with van der Waals surface area (Å²) in [5.41, 5.74) is 5.26. The highest BCUT2D eigenvalue weighted by Gasteiger charge is 2.69. The summed E-state index contributed by atoms with van der Waals surface area (Å²) in [7, 11) is 0.208. The van der Waals surface area contributed by atoms with Crippen molar-refractivity contribution in [2.45, 2.75) is 57.9 Å². The van der Waals surface area contributed by atoms with Gasteiger partial charge in [-0.25, -0.2) is 4.79 Å². The molecule has 4 atom stereocenters. The highest BCUT2D eigenvalue weighted by atomic mass is 16.4. The van der Waals surface area contributed by atoms with Crippen LogP contribution >= 0.6 is 0 Å². The number of allylic oxidation sites excluding steroid dienone is 1. The topological polar surface area (TPSA) is 122 Å². The quantitative estimate of drug-likeness (QED) is 0.192. The van der Waals surface area contributed by atoms with Gasteiger partial charge in [-0.05, 0) is 36.5 Å². The van der Waals surface area contributed by atoms with Gasteiger partial charge in [0.2, 0.25) is 11.8 Å². The molecule has 156 valence electrons. The molecule has 0 radical (unpaired) electrons. The third-order valence-electron chi connectivity index (χ3n) is 6.14. The average molecular weight is 393 g/mol. The van der Waals surface area contributed by atoms with Crippen LogP contribution in [0.25, 0.3) is 0 Å². The largest absolute Gasteiger partial charge is 0.480 e. The van der Waals surface area contributed by atoms with Gasteiger partial charge in [0, 0.05) is 12.9 Å². The lowest BCUT2D eigenvalue weighted by Gasteiger charge is -2.31. The predicted molar refractivity (Wildman–Crippen MR) is 107 cm³/mol. The summed E-state index contributed by atoms with van der Waals surface area (Å²) in [5.74, 6) is -1.26. The zero-order chi connectivity index (χ0) is 20.9. The highest BCUT2D eigenvalue weighted by Crippen LogP contribution is 2.64. The van der Waals surface area contributed by atoms with Crippen LogP contribution in [0.4, 0.5) is 0 Å². The lowest BCUT2D eigenvalue weighted by atomic mass is 9.92. The molecule has 4 N–H and O–H groups in total. The Morgan fingerprint density at radius 1 is 1.43 bits per heavy atom. The van der Waals surface area contributed by atoms with Crippen LogP contribution in [0.5, 0.6) is 0 Å². The molecule has 0 aromatic carbocycles. The number of fused-ring (bicyclic) bond motifs is 1. The Labute approximate surface area is 167 Å². The Bertz CT molecular complexity index is 612. The van der Waals surface area contributed by atoms with Crippen molar-refractivity contribution in [3.8, 4) is 0 Å². The van der Waals surface area contributed by atoms with E-state index in [4.69, 9.17) is 10.4 Å². The number of hydrogen-bond donors (Lipinski definition) is 3. The Hall–Kier alpha value is -1.87. The Morgan fingerprint density at radius 2 is 2.14 bits per heavy atom. The van der Waals surface area contributed by atoms with Crippen molar-refractivity contribution in [1.29, 1.82) is 0 Å². The first kappa shape index (κ1) is 22.4. The van der Waals surface area contributed by atoms with Gasteiger partial charge in [0.05, 0.1) is 6.73 Å². The van der Waals surface area contributed by atoms with Crippen molar-refractivity contribution in [2.24, 2.45) is 23.0 Å². The van der Waals surface area contributed by atoms with Crippen molar-refractivity contribution in [3.63, 3.8) is 0 Å². The first-order valence-electron chi connectivity index (χ1n) is 9.97. The Kier molecular flexibility index (Phi) is 7.66. The number of nitrogens with two attached hydrogens (primary N) is 1. The molecule has 0 spiro atoms. The monoisotopic (exact) mass is 393 g/mol. The van der Waals surface area contributed by atoms with Crippen LogP contribution in [0.2, 0.25) is 6.32 Å². The van der Waals surface area contributed by atoms with Crippen molar-refractivity contribution in [2.75, 3.05) is 13.3 Å². The molecule has 28 heavy (non-hydrogen) atoms. The summed E-state index contributed by atoms with van der Waals surface area (Å²) in [5, 5.41) is 12.1. The number of nitrogens with one attached hydrogen (secondary N) is 1. The number of unbranched alkanes of at least 4 members (excludes halogenated alkanes) is 2. The van der Waals surface area contributed by atoms with E-state index in [9.17, 15) is 19.5 Å². The first-order valence-corrected chi connectivity index (χ1v) is 9.97. The van der Waals surface area contributed by atoms with Crippen LogP contribution in [0.15, 0.2) is 12.7 Å². The number of carboxylic acids is 1. The maximum atomic E-state index is 13.0. The van der Waals surface area contributed by atoms with E-state index >= 15 is 0 Å².